The molecule has 0 saturated carbocycles. The lowest BCUT2D eigenvalue weighted by atomic mass is 10.1. The maximum Gasteiger partial charge on any atom is 0.270 e. The first-order valence-electron chi connectivity index (χ1n) is 9.39. The molecule has 162 valence electrons. The van der Waals surface area contributed by atoms with Crippen LogP contribution in [-0.2, 0) is 0 Å². The lowest BCUT2D eigenvalue weighted by Gasteiger charge is -2.14. The summed E-state index contributed by atoms with van der Waals surface area (Å²) in [5, 5.41) is 27.4. The highest BCUT2D eigenvalue weighted by Gasteiger charge is 2.18. The SMILES string of the molecule is Cc1ccc([N+](=O)[O-])cc1C(=O)Nc1ccccc1NC(=O)c1cc([N+](=O)[O-])ccc1C. The van der Waals surface area contributed by atoms with Gasteiger partial charge in [0.2, 0.25) is 0 Å². The van der Waals surface area contributed by atoms with Crippen LogP contribution in [0.5, 0.6) is 0 Å². The maximum atomic E-state index is 12.8. The lowest BCUT2D eigenvalue weighted by Crippen LogP contribution is -2.18. The Hall–Kier alpha value is -4.60. The Labute approximate surface area is 182 Å². The smallest absolute Gasteiger partial charge is 0.270 e. The lowest BCUT2D eigenvalue weighted by molar-refractivity contribution is -0.385. The van der Waals surface area contributed by atoms with Crippen LogP contribution in [0.2, 0.25) is 0 Å². The molecule has 10 nitrogen and oxygen atoms in total. The Morgan fingerprint density at radius 2 is 1.06 bits per heavy atom. The minimum atomic E-state index is -0.591. The molecule has 0 heterocycles. The zero-order chi connectivity index (χ0) is 23.4. The summed E-state index contributed by atoms with van der Waals surface area (Å²) in [4.78, 5) is 46.4. The van der Waals surface area contributed by atoms with Gasteiger partial charge in [0.15, 0.2) is 0 Å². The summed E-state index contributed by atoms with van der Waals surface area (Å²) in [5.74, 6) is -1.17. The van der Waals surface area contributed by atoms with E-state index in [9.17, 15) is 29.8 Å². The topological polar surface area (TPSA) is 144 Å². The first-order chi connectivity index (χ1) is 15.2. The van der Waals surface area contributed by atoms with Gasteiger partial charge in [-0.1, -0.05) is 24.3 Å². The fraction of sp³-hybridized carbons (Fsp3) is 0.0909. The summed E-state index contributed by atoms with van der Waals surface area (Å²) >= 11 is 0. The van der Waals surface area contributed by atoms with E-state index in [1.807, 2.05) is 0 Å². The van der Waals surface area contributed by atoms with Gasteiger partial charge in [-0.3, -0.25) is 29.8 Å². The highest BCUT2D eigenvalue weighted by atomic mass is 16.6. The van der Waals surface area contributed by atoms with E-state index in [0.717, 1.165) is 0 Å². The summed E-state index contributed by atoms with van der Waals surface area (Å²) < 4.78 is 0. The summed E-state index contributed by atoms with van der Waals surface area (Å²) in [6.45, 7) is 3.30. The van der Waals surface area contributed by atoms with Crippen LogP contribution >= 0.6 is 0 Å². The molecule has 0 aliphatic carbocycles. The van der Waals surface area contributed by atoms with Crippen LogP contribution in [0.1, 0.15) is 31.8 Å². The number of anilines is 2. The number of rotatable bonds is 6. The molecule has 0 fully saturated rings. The molecule has 0 aliphatic rings. The third-order valence-electron chi connectivity index (χ3n) is 4.78. The third kappa shape index (κ3) is 4.75. The average molecular weight is 434 g/mol. The van der Waals surface area contributed by atoms with Crippen LogP contribution in [0.25, 0.3) is 0 Å². The third-order valence-corrected chi connectivity index (χ3v) is 4.78. The van der Waals surface area contributed by atoms with Crippen LogP contribution in [0.15, 0.2) is 60.7 Å². The molecule has 0 radical (unpaired) electrons. The Kier molecular flexibility index (Phi) is 6.24. The van der Waals surface area contributed by atoms with Gasteiger partial charge in [0.1, 0.15) is 0 Å². The van der Waals surface area contributed by atoms with Gasteiger partial charge in [-0.15, -0.1) is 0 Å². The van der Waals surface area contributed by atoms with Gasteiger partial charge in [-0.25, -0.2) is 0 Å². The number of aryl methyl sites for hydroxylation is 2. The van der Waals surface area contributed by atoms with Gasteiger partial charge in [-0.2, -0.15) is 0 Å². The number of hydrogen-bond acceptors (Lipinski definition) is 6. The number of amides is 2. The highest BCUT2D eigenvalue weighted by Crippen LogP contribution is 2.25. The van der Waals surface area contributed by atoms with Crippen molar-refractivity contribution in [1.82, 2.24) is 0 Å². The van der Waals surface area contributed by atoms with E-state index in [1.165, 1.54) is 36.4 Å². The number of nitrogens with one attached hydrogen (secondary N) is 2. The Bertz CT molecular complexity index is 1160. The number of nitrogens with zero attached hydrogens (tertiary/aromatic N) is 2. The quantitative estimate of drug-likeness (QED) is 0.428. The van der Waals surface area contributed by atoms with Crippen molar-refractivity contribution in [2.75, 3.05) is 10.6 Å². The molecule has 0 saturated heterocycles. The van der Waals surface area contributed by atoms with Gasteiger partial charge < -0.3 is 10.6 Å². The average Bonchev–Trinajstić information content (AvgIpc) is 2.75. The predicted molar refractivity (Wildman–Crippen MR) is 118 cm³/mol. The summed E-state index contributed by atoms with van der Waals surface area (Å²) in [7, 11) is 0. The minimum absolute atomic E-state index is 0.120. The Morgan fingerprint density at radius 3 is 1.41 bits per heavy atom. The second-order valence-electron chi connectivity index (χ2n) is 6.97. The molecule has 0 aromatic heterocycles. The van der Waals surface area contributed by atoms with Gasteiger partial charge in [0.25, 0.3) is 23.2 Å². The highest BCUT2D eigenvalue weighted by molar-refractivity contribution is 6.11. The number of nitro benzene ring substituents is 2. The predicted octanol–water partition coefficient (Wildman–Crippen LogP) is 4.62. The first-order valence-corrected chi connectivity index (χ1v) is 9.39. The van der Waals surface area contributed by atoms with Crippen molar-refractivity contribution >= 4 is 34.6 Å². The van der Waals surface area contributed by atoms with Crippen molar-refractivity contribution < 1.29 is 19.4 Å². The van der Waals surface area contributed by atoms with Crippen molar-refractivity contribution in [2.45, 2.75) is 13.8 Å². The van der Waals surface area contributed by atoms with E-state index in [4.69, 9.17) is 0 Å². The number of nitro groups is 2. The van der Waals surface area contributed by atoms with E-state index in [0.29, 0.717) is 11.1 Å². The Morgan fingerprint density at radius 1 is 0.688 bits per heavy atom. The molecule has 0 unspecified atom stereocenters. The van der Waals surface area contributed by atoms with Crippen molar-refractivity contribution in [3.05, 3.63) is 103 Å². The number of non-ortho nitro benzene ring substituents is 2. The summed E-state index contributed by atoms with van der Waals surface area (Å²) in [5.41, 5.74) is 1.42. The zero-order valence-corrected chi connectivity index (χ0v) is 17.1. The molecule has 2 amide bonds. The molecule has 32 heavy (non-hydrogen) atoms. The van der Waals surface area contributed by atoms with E-state index in [2.05, 4.69) is 10.6 Å². The van der Waals surface area contributed by atoms with Gasteiger partial charge >= 0.3 is 0 Å². The van der Waals surface area contributed by atoms with Crippen LogP contribution in [0.4, 0.5) is 22.7 Å². The van der Waals surface area contributed by atoms with Gasteiger partial charge in [0.05, 0.1) is 21.2 Å². The van der Waals surface area contributed by atoms with Crippen LogP contribution in [0, 0.1) is 34.1 Å². The number of carbonyl (C=O) groups is 2. The molecule has 0 bridgehead atoms. The largest absolute Gasteiger partial charge is 0.320 e. The van der Waals surface area contributed by atoms with E-state index in [-0.39, 0.29) is 33.9 Å². The monoisotopic (exact) mass is 434 g/mol. The number of benzene rings is 3. The Balaban J connectivity index is 1.87. The number of para-hydroxylation sites is 2. The minimum Gasteiger partial charge on any atom is -0.320 e. The molecule has 3 aromatic carbocycles. The number of carbonyl (C=O) groups excluding carboxylic acids is 2. The maximum absolute atomic E-state index is 12.8. The van der Waals surface area contributed by atoms with Crippen molar-refractivity contribution in [3.63, 3.8) is 0 Å². The van der Waals surface area contributed by atoms with Crippen LogP contribution in [0.3, 0.4) is 0 Å². The molecule has 2 N–H and O–H groups in total. The molecule has 10 heteroatoms. The second-order valence-corrected chi connectivity index (χ2v) is 6.97. The van der Waals surface area contributed by atoms with Crippen LogP contribution < -0.4 is 10.6 Å². The standard InChI is InChI=1S/C22H18N4O6/c1-13-7-9-15(25(29)30)11-17(13)21(27)23-19-5-3-4-6-20(19)24-22(28)18-12-16(26(31)32)10-8-14(18)2/h3-12H,1-2H3,(H,23,27)(H,24,28). The van der Waals surface area contributed by atoms with E-state index < -0.39 is 21.7 Å². The van der Waals surface area contributed by atoms with Crippen molar-refractivity contribution in [2.24, 2.45) is 0 Å². The fourth-order valence-electron chi connectivity index (χ4n) is 3.02. The zero-order valence-electron chi connectivity index (χ0n) is 17.1. The van der Waals surface area contributed by atoms with Crippen molar-refractivity contribution in [1.29, 1.82) is 0 Å². The molecular weight excluding hydrogens is 416 g/mol. The number of hydrogen-bond donors (Lipinski definition) is 2. The summed E-state index contributed by atoms with van der Waals surface area (Å²) in [6.07, 6.45) is 0. The van der Waals surface area contributed by atoms with E-state index >= 15 is 0 Å². The van der Waals surface area contributed by atoms with E-state index in [1.54, 1.807) is 38.1 Å². The molecule has 3 aromatic rings. The molecular formula is C22H18N4O6. The molecule has 0 aliphatic heterocycles. The van der Waals surface area contributed by atoms with Crippen LogP contribution in [-0.4, -0.2) is 21.7 Å². The normalized spacial score (nSPS) is 10.3. The molecule has 0 atom stereocenters. The fourth-order valence-corrected chi connectivity index (χ4v) is 3.02. The van der Waals surface area contributed by atoms with Gasteiger partial charge in [-0.05, 0) is 37.1 Å². The summed E-state index contributed by atoms with van der Waals surface area (Å²) in [6, 6.07) is 14.3. The van der Waals surface area contributed by atoms with Gasteiger partial charge in [0, 0.05) is 35.4 Å². The van der Waals surface area contributed by atoms with Crippen molar-refractivity contribution in [3.8, 4) is 0 Å². The first kappa shape index (κ1) is 22.1. The second kappa shape index (κ2) is 9.04. The molecule has 3 rings (SSSR count). The molecule has 0 spiro atoms.